The summed E-state index contributed by atoms with van der Waals surface area (Å²) in [5.74, 6) is -4.25. The lowest BCUT2D eigenvalue weighted by molar-refractivity contribution is 0.0801. The van der Waals surface area contributed by atoms with E-state index in [-0.39, 0.29) is 12.0 Å². The van der Waals surface area contributed by atoms with E-state index >= 15 is 0 Å². The lowest BCUT2D eigenvalue weighted by Gasteiger charge is -2.42. The van der Waals surface area contributed by atoms with Crippen LogP contribution < -0.4 is 5.32 Å². The van der Waals surface area contributed by atoms with Crippen LogP contribution in [-0.2, 0) is 12.0 Å². The molecule has 1 saturated heterocycles. The van der Waals surface area contributed by atoms with E-state index in [0.29, 0.717) is 13.0 Å². The molecule has 3 rings (SSSR count). The minimum atomic E-state index is -1.31. The summed E-state index contributed by atoms with van der Waals surface area (Å²) in [5, 5.41) is 2.93. The topological polar surface area (TPSA) is 32.3 Å². The van der Waals surface area contributed by atoms with Gasteiger partial charge in [0.15, 0.2) is 11.6 Å². The molecule has 2 aromatic rings. The van der Waals surface area contributed by atoms with Gasteiger partial charge in [-0.05, 0) is 45.3 Å². The number of nitrogens with zero attached hydrogens (tertiary/aromatic N) is 1. The van der Waals surface area contributed by atoms with E-state index in [1.54, 1.807) is 6.92 Å². The fourth-order valence-electron chi connectivity index (χ4n) is 4.12. The predicted molar refractivity (Wildman–Crippen MR) is 103 cm³/mol. The molecule has 0 radical (unpaired) electrons. The van der Waals surface area contributed by atoms with Crippen molar-refractivity contribution in [2.24, 2.45) is 0 Å². The number of likely N-dealkylation sites (tertiary alicyclic amines) is 1. The molecule has 150 valence electrons. The highest BCUT2D eigenvalue weighted by atomic mass is 19.2. The van der Waals surface area contributed by atoms with Crippen LogP contribution in [0.2, 0.25) is 0 Å². The second-order valence-corrected chi connectivity index (χ2v) is 7.52. The molecule has 0 aromatic heterocycles. The van der Waals surface area contributed by atoms with Crippen LogP contribution in [0.4, 0.5) is 13.2 Å². The van der Waals surface area contributed by atoms with Gasteiger partial charge in [0, 0.05) is 17.7 Å². The molecule has 1 fully saturated rings. The fourth-order valence-corrected chi connectivity index (χ4v) is 4.12. The Balaban J connectivity index is 2.07. The third-order valence-electron chi connectivity index (χ3n) is 5.58. The van der Waals surface area contributed by atoms with Gasteiger partial charge in [-0.25, -0.2) is 13.2 Å². The minimum Gasteiger partial charge on any atom is -0.341 e. The standard InChI is InChI=1S/C22H25F3N2O/c1-4-16-17(20(25)19(24)14(2)18(16)23)21(28)26-22(11-8-12-27(3)13-22)15-9-6-5-7-10-15/h5-7,9-10H,4,8,11-13H2,1-3H3,(H,26,28). The minimum absolute atomic E-state index is 0.0882. The average Bonchev–Trinajstić information content (AvgIpc) is 2.69. The number of nitrogens with one attached hydrogen (secondary N) is 1. The smallest absolute Gasteiger partial charge is 0.255 e. The van der Waals surface area contributed by atoms with Gasteiger partial charge in [-0.1, -0.05) is 37.3 Å². The molecule has 0 saturated carbocycles. The Kier molecular flexibility index (Phi) is 5.79. The van der Waals surface area contributed by atoms with Crippen LogP contribution in [0.3, 0.4) is 0 Å². The highest BCUT2D eigenvalue weighted by Crippen LogP contribution is 2.33. The Labute approximate surface area is 163 Å². The molecule has 1 aliphatic heterocycles. The van der Waals surface area contributed by atoms with E-state index in [9.17, 15) is 18.0 Å². The number of rotatable bonds is 4. The number of halogens is 3. The van der Waals surface area contributed by atoms with Gasteiger partial charge in [-0.2, -0.15) is 0 Å². The van der Waals surface area contributed by atoms with Crippen molar-refractivity contribution in [1.29, 1.82) is 0 Å². The van der Waals surface area contributed by atoms with Crippen molar-refractivity contribution in [2.75, 3.05) is 20.1 Å². The molecule has 1 unspecified atom stereocenters. The van der Waals surface area contributed by atoms with Gasteiger partial charge < -0.3 is 10.2 Å². The highest BCUT2D eigenvalue weighted by molar-refractivity contribution is 5.96. The molecular weight excluding hydrogens is 365 g/mol. The number of benzene rings is 2. The van der Waals surface area contributed by atoms with Crippen molar-refractivity contribution in [2.45, 2.75) is 38.6 Å². The molecular formula is C22H25F3N2O. The lowest BCUT2D eigenvalue weighted by atomic mass is 9.81. The fraction of sp³-hybridized carbons (Fsp3) is 0.409. The summed E-state index contributed by atoms with van der Waals surface area (Å²) in [6, 6.07) is 9.45. The summed E-state index contributed by atoms with van der Waals surface area (Å²) >= 11 is 0. The first kappa shape index (κ1) is 20.4. The first-order valence-corrected chi connectivity index (χ1v) is 9.53. The number of likely N-dealkylation sites (N-methyl/N-ethyl adjacent to an activating group) is 1. The molecule has 0 aliphatic carbocycles. The molecule has 1 N–H and O–H groups in total. The summed E-state index contributed by atoms with van der Waals surface area (Å²) in [6.07, 6.45) is 1.59. The molecule has 28 heavy (non-hydrogen) atoms. The van der Waals surface area contributed by atoms with Crippen molar-refractivity contribution >= 4 is 5.91 Å². The van der Waals surface area contributed by atoms with Gasteiger partial charge in [-0.15, -0.1) is 0 Å². The summed E-state index contributed by atoms with van der Waals surface area (Å²) in [4.78, 5) is 15.2. The molecule has 0 bridgehead atoms. The van der Waals surface area contributed by atoms with Gasteiger partial charge in [0.1, 0.15) is 5.82 Å². The Morgan fingerprint density at radius 2 is 1.82 bits per heavy atom. The largest absolute Gasteiger partial charge is 0.341 e. The van der Waals surface area contributed by atoms with Crippen LogP contribution in [0.15, 0.2) is 30.3 Å². The van der Waals surface area contributed by atoms with Crippen molar-refractivity contribution < 1.29 is 18.0 Å². The maximum absolute atomic E-state index is 14.7. The highest BCUT2D eigenvalue weighted by Gasteiger charge is 2.39. The third kappa shape index (κ3) is 3.53. The van der Waals surface area contributed by atoms with E-state index in [1.807, 2.05) is 37.4 Å². The zero-order valence-electron chi connectivity index (χ0n) is 16.4. The first-order valence-electron chi connectivity index (χ1n) is 9.53. The van der Waals surface area contributed by atoms with E-state index in [4.69, 9.17) is 0 Å². The first-order chi connectivity index (χ1) is 13.3. The maximum atomic E-state index is 14.7. The lowest BCUT2D eigenvalue weighted by Crippen LogP contribution is -2.55. The Morgan fingerprint density at radius 3 is 2.43 bits per heavy atom. The number of piperidine rings is 1. The Bertz CT molecular complexity index is 885. The van der Waals surface area contributed by atoms with E-state index in [2.05, 4.69) is 10.2 Å². The van der Waals surface area contributed by atoms with E-state index in [1.165, 1.54) is 6.92 Å². The monoisotopic (exact) mass is 390 g/mol. The molecule has 1 aliphatic rings. The van der Waals surface area contributed by atoms with Crippen LogP contribution >= 0.6 is 0 Å². The van der Waals surface area contributed by atoms with Crippen molar-refractivity contribution in [3.05, 3.63) is 70.0 Å². The molecule has 1 heterocycles. The van der Waals surface area contributed by atoms with Crippen molar-refractivity contribution in [1.82, 2.24) is 10.2 Å². The SMILES string of the molecule is CCc1c(F)c(C)c(F)c(F)c1C(=O)NC1(c2ccccc2)CCCN(C)C1. The molecule has 1 atom stereocenters. The van der Waals surface area contributed by atoms with Crippen LogP contribution in [0.5, 0.6) is 0 Å². The Morgan fingerprint density at radius 1 is 1.14 bits per heavy atom. The summed E-state index contributed by atoms with van der Waals surface area (Å²) in [7, 11) is 1.95. The second kappa shape index (κ2) is 7.95. The van der Waals surface area contributed by atoms with Gasteiger partial charge in [0.2, 0.25) is 0 Å². The summed E-state index contributed by atoms with van der Waals surface area (Å²) < 4.78 is 43.4. The number of amides is 1. The number of carbonyl (C=O) groups excluding carboxylic acids is 1. The molecule has 2 aromatic carbocycles. The van der Waals surface area contributed by atoms with E-state index in [0.717, 1.165) is 18.5 Å². The molecule has 3 nitrogen and oxygen atoms in total. The van der Waals surface area contributed by atoms with Gasteiger partial charge in [0.05, 0.1) is 11.1 Å². The van der Waals surface area contributed by atoms with Crippen molar-refractivity contribution in [3.8, 4) is 0 Å². The van der Waals surface area contributed by atoms with Gasteiger partial charge >= 0.3 is 0 Å². The maximum Gasteiger partial charge on any atom is 0.255 e. The molecule has 0 spiro atoms. The van der Waals surface area contributed by atoms with Crippen LogP contribution in [-0.4, -0.2) is 30.9 Å². The van der Waals surface area contributed by atoms with E-state index < -0.39 is 40.0 Å². The predicted octanol–water partition coefficient (Wildman–Crippen LogP) is 4.33. The quantitative estimate of drug-likeness (QED) is 0.789. The van der Waals surface area contributed by atoms with Crippen LogP contribution in [0.1, 0.15) is 46.8 Å². The summed E-state index contributed by atoms with van der Waals surface area (Å²) in [5.41, 5.74) is -0.893. The van der Waals surface area contributed by atoms with Crippen LogP contribution in [0.25, 0.3) is 0 Å². The number of hydrogen-bond donors (Lipinski definition) is 1. The van der Waals surface area contributed by atoms with Crippen LogP contribution in [0, 0.1) is 24.4 Å². The van der Waals surface area contributed by atoms with Crippen molar-refractivity contribution in [3.63, 3.8) is 0 Å². The number of hydrogen-bond acceptors (Lipinski definition) is 2. The third-order valence-corrected chi connectivity index (χ3v) is 5.58. The van der Waals surface area contributed by atoms with Gasteiger partial charge in [0.25, 0.3) is 5.91 Å². The zero-order chi connectivity index (χ0) is 20.5. The average molecular weight is 390 g/mol. The second-order valence-electron chi connectivity index (χ2n) is 7.52. The zero-order valence-corrected chi connectivity index (χ0v) is 16.4. The summed E-state index contributed by atoms with van der Waals surface area (Å²) in [6.45, 7) is 4.21. The van der Waals surface area contributed by atoms with Gasteiger partial charge in [-0.3, -0.25) is 4.79 Å². The normalized spacial score (nSPS) is 20.2. The Hall–Kier alpha value is -2.34. The molecule has 6 heteroatoms. The molecule has 1 amide bonds. The number of carbonyl (C=O) groups is 1.